The SMILES string of the molecule is CC.C[SiH2].O=[C-]C1CCCCO1.[Pt]. The van der Waals surface area contributed by atoms with Crippen molar-refractivity contribution in [1.82, 2.24) is 0 Å². The Labute approximate surface area is 99.5 Å². The summed E-state index contributed by atoms with van der Waals surface area (Å²) in [6.07, 6.45) is 4.68. The maximum absolute atomic E-state index is 9.91. The summed E-state index contributed by atoms with van der Waals surface area (Å²) in [6.45, 7) is 6.76. The number of ether oxygens (including phenoxy) is 1. The maximum atomic E-state index is 9.91. The first kappa shape index (κ1) is 19.2. The van der Waals surface area contributed by atoms with Crippen LogP contribution in [-0.4, -0.2) is 29.2 Å². The molecule has 0 aromatic carbocycles. The molecule has 1 aliphatic heterocycles. The van der Waals surface area contributed by atoms with Crippen molar-refractivity contribution in [3.05, 3.63) is 0 Å². The van der Waals surface area contributed by atoms with Crippen LogP contribution in [0.2, 0.25) is 6.55 Å². The molecule has 0 aliphatic carbocycles. The van der Waals surface area contributed by atoms with Gasteiger partial charge in [-0.2, -0.15) is 0 Å². The molecule has 0 aromatic rings. The fraction of sp³-hybridized carbons (Fsp3) is 0.889. The monoisotopic (exact) mass is 383 g/mol. The van der Waals surface area contributed by atoms with E-state index in [1.807, 2.05) is 36.9 Å². The van der Waals surface area contributed by atoms with E-state index in [0.29, 0.717) is 0 Å². The molecular weight excluding hydrogens is 363 g/mol. The third kappa shape index (κ3) is 12.5. The fourth-order valence-corrected chi connectivity index (χ4v) is 0.834. The van der Waals surface area contributed by atoms with Gasteiger partial charge in [0, 0.05) is 37.9 Å². The van der Waals surface area contributed by atoms with Crippen molar-refractivity contribution in [1.29, 1.82) is 0 Å². The molecule has 4 heteroatoms. The largest absolute Gasteiger partial charge is 0.539 e. The van der Waals surface area contributed by atoms with Gasteiger partial charge in [-0.15, -0.1) is 0 Å². The molecule has 0 amide bonds. The smallest absolute Gasteiger partial charge is 0.0437 e. The molecule has 83 valence electrons. The van der Waals surface area contributed by atoms with Crippen LogP contribution in [0.5, 0.6) is 0 Å². The summed E-state index contributed by atoms with van der Waals surface area (Å²) in [4.78, 5) is 9.91. The summed E-state index contributed by atoms with van der Waals surface area (Å²) in [6, 6.07) is 0. The minimum absolute atomic E-state index is 0. The molecule has 1 saturated heterocycles. The Kier molecular flexibility index (Phi) is 27.0. The second kappa shape index (κ2) is 18.3. The number of carbonyl (C=O) groups excluding carboxylic acids is 1. The van der Waals surface area contributed by atoms with Crippen molar-refractivity contribution in [2.24, 2.45) is 0 Å². The molecule has 1 radical (unpaired) electrons. The van der Waals surface area contributed by atoms with Crippen molar-refractivity contribution in [2.45, 2.75) is 45.8 Å². The van der Waals surface area contributed by atoms with Crippen LogP contribution in [0.3, 0.4) is 0 Å². The Morgan fingerprint density at radius 3 is 2.08 bits per heavy atom. The molecule has 0 bridgehead atoms. The van der Waals surface area contributed by atoms with Crippen LogP contribution in [0.1, 0.15) is 33.1 Å². The van der Waals surface area contributed by atoms with Gasteiger partial charge in [0.15, 0.2) is 0 Å². The Morgan fingerprint density at radius 1 is 1.31 bits per heavy atom. The summed E-state index contributed by atoms with van der Waals surface area (Å²) in [5, 5.41) is 0. The van der Waals surface area contributed by atoms with Crippen molar-refractivity contribution >= 4 is 16.5 Å². The zero-order valence-corrected chi connectivity index (χ0v) is 12.4. The Bertz CT molecular complexity index is 85.7. The average Bonchev–Trinajstić information content (AvgIpc) is 2.25. The second-order valence-corrected chi connectivity index (χ2v) is 1.97. The first-order valence-corrected chi connectivity index (χ1v) is 6.05. The van der Waals surface area contributed by atoms with Gasteiger partial charge in [0.25, 0.3) is 0 Å². The zero-order chi connectivity index (χ0) is 9.82. The van der Waals surface area contributed by atoms with Crippen LogP contribution in [-0.2, 0) is 30.6 Å². The van der Waals surface area contributed by atoms with Gasteiger partial charge in [0.05, 0.1) is 0 Å². The topological polar surface area (TPSA) is 26.3 Å². The van der Waals surface area contributed by atoms with Crippen molar-refractivity contribution < 1.29 is 30.6 Å². The average molecular weight is 383 g/mol. The third-order valence-electron chi connectivity index (χ3n) is 1.31. The minimum Gasteiger partial charge on any atom is -0.539 e. The van der Waals surface area contributed by atoms with Gasteiger partial charge in [0.1, 0.15) is 0 Å². The molecule has 2 nitrogen and oxygen atoms in total. The zero-order valence-electron chi connectivity index (χ0n) is 8.75. The van der Waals surface area contributed by atoms with E-state index in [1.165, 1.54) is 0 Å². The third-order valence-corrected chi connectivity index (χ3v) is 1.31. The Balaban J connectivity index is -0.000000178. The predicted molar refractivity (Wildman–Crippen MR) is 55.0 cm³/mol. The molecule has 13 heavy (non-hydrogen) atoms. The van der Waals surface area contributed by atoms with Crippen LogP contribution in [0, 0.1) is 0 Å². The van der Waals surface area contributed by atoms with E-state index in [2.05, 4.69) is 0 Å². The molecule has 1 heterocycles. The van der Waals surface area contributed by atoms with Gasteiger partial charge in [-0.05, 0) is 12.5 Å². The summed E-state index contributed by atoms with van der Waals surface area (Å²) >= 11 is 0. The summed E-state index contributed by atoms with van der Waals surface area (Å²) < 4.78 is 5.00. The Hall–Kier alpha value is 0.535. The molecule has 0 aromatic heterocycles. The van der Waals surface area contributed by atoms with E-state index < -0.39 is 0 Å². The van der Waals surface area contributed by atoms with Crippen LogP contribution in [0.15, 0.2) is 0 Å². The first-order valence-electron chi connectivity index (χ1n) is 4.63. The van der Waals surface area contributed by atoms with Crippen molar-refractivity contribution in [2.75, 3.05) is 6.61 Å². The van der Waals surface area contributed by atoms with E-state index in [9.17, 15) is 4.79 Å². The molecule has 1 atom stereocenters. The quantitative estimate of drug-likeness (QED) is 0.505. The molecule has 1 rings (SSSR count). The number of rotatable bonds is 1. The van der Waals surface area contributed by atoms with Gasteiger partial charge in [0.2, 0.25) is 0 Å². The summed E-state index contributed by atoms with van der Waals surface area (Å²) in [7, 11) is 1.86. The second-order valence-electron chi connectivity index (χ2n) is 1.97. The van der Waals surface area contributed by atoms with Gasteiger partial charge in [-0.1, -0.05) is 33.2 Å². The van der Waals surface area contributed by atoms with Gasteiger partial charge in [-0.25, -0.2) is 6.29 Å². The Morgan fingerprint density at radius 2 is 1.85 bits per heavy atom. The molecule has 0 N–H and O–H groups in total. The van der Waals surface area contributed by atoms with E-state index in [0.717, 1.165) is 25.9 Å². The normalized spacial score (nSPS) is 19.2. The van der Waals surface area contributed by atoms with E-state index >= 15 is 0 Å². The number of hydrogen-bond acceptors (Lipinski definition) is 2. The van der Waals surface area contributed by atoms with Crippen molar-refractivity contribution in [3.63, 3.8) is 0 Å². The summed E-state index contributed by atoms with van der Waals surface area (Å²) in [5.74, 6) is 0. The first-order chi connectivity index (χ1) is 5.93. The van der Waals surface area contributed by atoms with Crippen LogP contribution < -0.4 is 0 Å². The van der Waals surface area contributed by atoms with Gasteiger partial charge >= 0.3 is 0 Å². The van der Waals surface area contributed by atoms with Crippen LogP contribution >= 0.6 is 0 Å². The van der Waals surface area contributed by atoms with E-state index in [-0.39, 0.29) is 27.2 Å². The number of hydrogen-bond donors (Lipinski definition) is 0. The van der Waals surface area contributed by atoms with E-state index in [4.69, 9.17) is 4.74 Å². The summed E-state index contributed by atoms with van der Waals surface area (Å²) in [5.41, 5.74) is 0. The van der Waals surface area contributed by atoms with Gasteiger partial charge in [-0.3, -0.25) is 0 Å². The molecular formula is C9H20O2PtSi-. The van der Waals surface area contributed by atoms with Gasteiger partial charge < -0.3 is 9.53 Å². The van der Waals surface area contributed by atoms with Crippen LogP contribution in [0.25, 0.3) is 0 Å². The van der Waals surface area contributed by atoms with E-state index in [1.54, 1.807) is 0 Å². The minimum atomic E-state index is -0.219. The molecule has 1 fully saturated rings. The molecule has 1 unspecified atom stereocenters. The fourth-order valence-electron chi connectivity index (χ4n) is 0.834. The predicted octanol–water partition coefficient (Wildman–Crippen LogP) is 1.36. The molecule has 0 saturated carbocycles. The van der Waals surface area contributed by atoms with Crippen LogP contribution in [0.4, 0.5) is 0 Å². The molecule has 1 aliphatic rings. The maximum Gasteiger partial charge on any atom is 0.0437 e. The molecule has 0 spiro atoms. The standard InChI is InChI=1S/C6H9O2.C2H6.CH5Si.Pt/c7-5-6-3-1-2-4-8-6;2*1-2;/h6H,1-4H2;1-2H3;2H2,1H3;/q-1;;;. The van der Waals surface area contributed by atoms with Crippen molar-refractivity contribution in [3.8, 4) is 0 Å².